The molecular formula is C19H21NO4. The number of nitrogens with one attached hydrogen (secondary N) is 1. The van der Waals surface area contributed by atoms with E-state index in [0.717, 1.165) is 24.3 Å². The minimum absolute atomic E-state index is 0.0436. The van der Waals surface area contributed by atoms with Crippen LogP contribution in [0.2, 0.25) is 0 Å². The normalized spacial score (nSPS) is 18.3. The summed E-state index contributed by atoms with van der Waals surface area (Å²) in [6.07, 6.45) is 5.98. The van der Waals surface area contributed by atoms with E-state index in [1.807, 2.05) is 6.07 Å². The first-order valence-electron chi connectivity index (χ1n) is 8.49. The molecule has 0 unspecified atom stereocenters. The number of fused-ring (bicyclic) bond motifs is 1. The van der Waals surface area contributed by atoms with Crippen LogP contribution < -0.4 is 14.8 Å². The maximum atomic E-state index is 12.2. The Balaban J connectivity index is 1.56. The molecule has 0 saturated heterocycles. The lowest BCUT2D eigenvalue weighted by Gasteiger charge is -2.31. The zero-order valence-corrected chi connectivity index (χ0v) is 13.5. The summed E-state index contributed by atoms with van der Waals surface area (Å²) in [5.74, 6) is 1.80. The van der Waals surface area contributed by atoms with E-state index >= 15 is 0 Å². The standard InChI is InChI=1S/C19H21NO4/c21-18(16-4-3-9-22-16)20-13-19(7-1-2-8-19)14-5-6-15-17(12-14)24-11-10-23-15/h3-6,9,12H,1-2,7-8,10-11,13H2,(H,20,21). The van der Waals surface area contributed by atoms with Gasteiger partial charge in [-0.1, -0.05) is 18.9 Å². The van der Waals surface area contributed by atoms with Gasteiger partial charge in [0.1, 0.15) is 13.2 Å². The Morgan fingerprint density at radius 2 is 1.88 bits per heavy atom. The minimum atomic E-state index is -0.163. The average Bonchev–Trinajstić information content (AvgIpc) is 3.32. The van der Waals surface area contributed by atoms with Crippen molar-refractivity contribution in [1.29, 1.82) is 0 Å². The number of carbonyl (C=O) groups excluding carboxylic acids is 1. The van der Waals surface area contributed by atoms with Crippen LogP contribution in [-0.4, -0.2) is 25.7 Å². The fourth-order valence-corrected chi connectivity index (χ4v) is 3.74. The Morgan fingerprint density at radius 1 is 1.08 bits per heavy atom. The summed E-state index contributed by atoms with van der Waals surface area (Å²) in [6, 6.07) is 9.58. The van der Waals surface area contributed by atoms with Gasteiger partial charge in [0.05, 0.1) is 6.26 Å². The van der Waals surface area contributed by atoms with E-state index in [2.05, 4.69) is 17.4 Å². The van der Waals surface area contributed by atoms with E-state index in [9.17, 15) is 4.79 Å². The zero-order valence-electron chi connectivity index (χ0n) is 13.5. The van der Waals surface area contributed by atoms with Gasteiger partial charge in [0, 0.05) is 12.0 Å². The molecule has 0 spiro atoms. The third-order valence-corrected chi connectivity index (χ3v) is 5.05. The maximum Gasteiger partial charge on any atom is 0.287 e. The van der Waals surface area contributed by atoms with Crippen LogP contribution in [0.15, 0.2) is 41.0 Å². The van der Waals surface area contributed by atoms with Crippen molar-refractivity contribution in [3.05, 3.63) is 47.9 Å². The number of carbonyl (C=O) groups is 1. The highest BCUT2D eigenvalue weighted by Crippen LogP contribution is 2.43. The number of furan rings is 1. The summed E-state index contributed by atoms with van der Waals surface area (Å²) >= 11 is 0. The summed E-state index contributed by atoms with van der Waals surface area (Å²) in [5.41, 5.74) is 1.17. The monoisotopic (exact) mass is 327 g/mol. The molecule has 0 radical (unpaired) electrons. The molecular weight excluding hydrogens is 306 g/mol. The molecule has 1 aromatic carbocycles. The molecule has 2 aromatic rings. The van der Waals surface area contributed by atoms with Gasteiger partial charge in [-0.2, -0.15) is 0 Å². The van der Waals surface area contributed by atoms with Crippen molar-refractivity contribution < 1.29 is 18.7 Å². The molecule has 5 nitrogen and oxygen atoms in total. The third-order valence-electron chi connectivity index (χ3n) is 5.05. The molecule has 2 aliphatic rings. The highest BCUT2D eigenvalue weighted by molar-refractivity contribution is 5.91. The van der Waals surface area contributed by atoms with Gasteiger partial charge in [-0.15, -0.1) is 0 Å². The minimum Gasteiger partial charge on any atom is -0.486 e. The number of hydrogen-bond donors (Lipinski definition) is 1. The molecule has 1 N–H and O–H groups in total. The van der Waals surface area contributed by atoms with Crippen molar-refractivity contribution >= 4 is 5.91 Å². The Morgan fingerprint density at radius 3 is 2.62 bits per heavy atom. The van der Waals surface area contributed by atoms with Crippen molar-refractivity contribution in [2.45, 2.75) is 31.1 Å². The Labute approximate surface area is 140 Å². The van der Waals surface area contributed by atoms with Crippen LogP contribution >= 0.6 is 0 Å². The van der Waals surface area contributed by atoms with Crippen LogP contribution in [-0.2, 0) is 5.41 Å². The number of amides is 1. The molecule has 0 bridgehead atoms. The SMILES string of the molecule is O=C(NCC1(c2ccc3c(c2)OCCO3)CCCC1)c1ccco1. The first-order chi connectivity index (χ1) is 11.8. The van der Waals surface area contributed by atoms with Gasteiger partial charge >= 0.3 is 0 Å². The zero-order chi connectivity index (χ0) is 16.4. The first kappa shape index (κ1) is 15.1. The van der Waals surface area contributed by atoms with Crippen LogP contribution in [0.3, 0.4) is 0 Å². The van der Waals surface area contributed by atoms with Crippen LogP contribution in [0.4, 0.5) is 0 Å². The Hall–Kier alpha value is -2.43. The molecule has 1 aliphatic heterocycles. The molecule has 1 saturated carbocycles. The lowest BCUT2D eigenvalue weighted by atomic mass is 9.78. The third kappa shape index (κ3) is 2.75. The number of hydrogen-bond acceptors (Lipinski definition) is 4. The second-order valence-electron chi connectivity index (χ2n) is 6.51. The smallest absolute Gasteiger partial charge is 0.287 e. The number of rotatable bonds is 4. The van der Waals surface area contributed by atoms with Gasteiger partial charge in [0.2, 0.25) is 0 Å². The van der Waals surface area contributed by atoms with Gasteiger partial charge in [0.25, 0.3) is 5.91 Å². The second kappa shape index (κ2) is 6.23. The maximum absolute atomic E-state index is 12.2. The Bertz CT molecular complexity index is 717. The van der Waals surface area contributed by atoms with Gasteiger partial charge in [0.15, 0.2) is 17.3 Å². The van der Waals surface area contributed by atoms with E-state index in [-0.39, 0.29) is 11.3 Å². The summed E-state index contributed by atoms with van der Waals surface area (Å²) in [6.45, 7) is 1.78. The van der Waals surface area contributed by atoms with Crippen molar-refractivity contribution in [1.82, 2.24) is 5.32 Å². The lowest BCUT2D eigenvalue weighted by Crippen LogP contribution is -2.39. The van der Waals surface area contributed by atoms with E-state index in [0.29, 0.717) is 25.5 Å². The molecule has 126 valence electrons. The van der Waals surface area contributed by atoms with Crippen molar-refractivity contribution in [3.8, 4) is 11.5 Å². The largest absolute Gasteiger partial charge is 0.486 e. The average molecular weight is 327 g/mol. The predicted octanol–water partition coefficient (Wildman–Crippen LogP) is 3.29. The summed E-state index contributed by atoms with van der Waals surface area (Å²) < 4.78 is 16.5. The van der Waals surface area contributed by atoms with Gasteiger partial charge < -0.3 is 19.2 Å². The topological polar surface area (TPSA) is 60.7 Å². The van der Waals surface area contributed by atoms with Gasteiger partial charge in [-0.25, -0.2) is 0 Å². The summed E-state index contributed by atoms with van der Waals surface area (Å²) in [5, 5.41) is 3.04. The predicted molar refractivity (Wildman–Crippen MR) is 88.6 cm³/mol. The van der Waals surface area contributed by atoms with Crippen LogP contribution in [0, 0.1) is 0 Å². The van der Waals surface area contributed by atoms with Crippen molar-refractivity contribution in [2.24, 2.45) is 0 Å². The van der Waals surface area contributed by atoms with Gasteiger partial charge in [-0.05, 0) is 42.7 Å². The van der Waals surface area contributed by atoms with Crippen molar-refractivity contribution in [2.75, 3.05) is 19.8 Å². The van der Waals surface area contributed by atoms with Gasteiger partial charge in [-0.3, -0.25) is 4.79 Å². The van der Waals surface area contributed by atoms with E-state index in [4.69, 9.17) is 13.9 Å². The first-order valence-corrected chi connectivity index (χ1v) is 8.49. The molecule has 0 atom stereocenters. The van der Waals surface area contributed by atoms with Crippen LogP contribution in [0.1, 0.15) is 41.8 Å². The van der Waals surface area contributed by atoms with Crippen LogP contribution in [0.5, 0.6) is 11.5 Å². The summed E-state index contributed by atoms with van der Waals surface area (Å²) in [7, 11) is 0. The molecule has 2 heterocycles. The molecule has 24 heavy (non-hydrogen) atoms. The fourth-order valence-electron chi connectivity index (χ4n) is 3.74. The molecule has 1 aromatic heterocycles. The van der Waals surface area contributed by atoms with Crippen molar-refractivity contribution in [3.63, 3.8) is 0 Å². The number of ether oxygens (including phenoxy) is 2. The highest BCUT2D eigenvalue weighted by Gasteiger charge is 2.37. The Kier molecular flexibility index (Phi) is 3.92. The van der Waals surface area contributed by atoms with E-state index < -0.39 is 0 Å². The second-order valence-corrected chi connectivity index (χ2v) is 6.51. The fraction of sp³-hybridized carbons (Fsp3) is 0.421. The summed E-state index contributed by atoms with van der Waals surface area (Å²) in [4.78, 5) is 12.2. The van der Waals surface area contributed by atoms with Crippen LogP contribution in [0.25, 0.3) is 0 Å². The highest BCUT2D eigenvalue weighted by atomic mass is 16.6. The molecule has 1 amide bonds. The molecule has 1 fully saturated rings. The number of benzene rings is 1. The van der Waals surface area contributed by atoms with E-state index in [1.165, 1.54) is 24.7 Å². The quantitative estimate of drug-likeness (QED) is 0.936. The lowest BCUT2D eigenvalue weighted by molar-refractivity contribution is 0.0915. The molecule has 1 aliphatic carbocycles. The molecule has 5 heteroatoms. The van der Waals surface area contributed by atoms with E-state index in [1.54, 1.807) is 12.1 Å². The molecule has 4 rings (SSSR count).